The summed E-state index contributed by atoms with van der Waals surface area (Å²) in [7, 11) is 4.63. The Kier molecular flexibility index (Phi) is 7.03. The number of nitrogens with one attached hydrogen (secondary N) is 1. The SMILES string of the molecule is CON[C@@H]1[C@H](CN2[C@@H]3CC[C@H]2COC3)[C@@H](c2ccccc2)[C@]2(c3ccc(C#N)cc3)Oc3cc(OC)nc(OC)c3[C@]12O. The lowest BCUT2D eigenvalue weighted by Crippen LogP contribution is -2.56. The molecule has 3 fully saturated rings. The number of morpholine rings is 1. The van der Waals surface area contributed by atoms with Crippen LogP contribution in [-0.4, -0.2) is 74.2 Å². The van der Waals surface area contributed by atoms with E-state index in [1.807, 2.05) is 30.3 Å². The Morgan fingerprint density at radius 1 is 1.05 bits per heavy atom. The van der Waals surface area contributed by atoms with Gasteiger partial charge in [0.25, 0.3) is 0 Å². The van der Waals surface area contributed by atoms with Crippen LogP contribution in [0.1, 0.15) is 41.0 Å². The van der Waals surface area contributed by atoms with E-state index in [-0.39, 0.29) is 17.7 Å². The number of ether oxygens (including phenoxy) is 4. The Bertz CT molecular complexity index is 1510. The fraction of sp³-hybridized carbons (Fsp3) is 0.455. The van der Waals surface area contributed by atoms with Crippen LogP contribution < -0.4 is 19.7 Å². The van der Waals surface area contributed by atoms with E-state index in [1.54, 1.807) is 25.3 Å². The highest BCUT2D eigenvalue weighted by molar-refractivity contribution is 5.60. The molecule has 0 spiro atoms. The van der Waals surface area contributed by atoms with E-state index in [9.17, 15) is 10.4 Å². The first kappa shape index (κ1) is 28.1. The predicted molar refractivity (Wildman–Crippen MR) is 156 cm³/mol. The number of methoxy groups -OCH3 is 2. The van der Waals surface area contributed by atoms with Gasteiger partial charge in [-0.2, -0.15) is 15.7 Å². The number of aliphatic hydroxyl groups is 1. The van der Waals surface area contributed by atoms with Gasteiger partial charge in [0.1, 0.15) is 5.75 Å². The number of hydroxylamine groups is 1. The maximum Gasteiger partial charge on any atom is 0.226 e. The molecule has 1 aliphatic carbocycles. The molecule has 4 aliphatic rings. The fourth-order valence-electron chi connectivity index (χ4n) is 8.25. The van der Waals surface area contributed by atoms with E-state index in [0.29, 0.717) is 54.6 Å². The van der Waals surface area contributed by atoms with Gasteiger partial charge < -0.3 is 28.9 Å². The van der Waals surface area contributed by atoms with Gasteiger partial charge in [0.15, 0.2) is 11.2 Å². The monoisotopic (exact) mass is 584 g/mol. The molecule has 43 heavy (non-hydrogen) atoms. The minimum absolute atomic E-state index is 0.191. The molecular weight excluding hydrogens is 548 g/mol. The molecule has 2 saturated heterocycles. The Hall–Kier alpha value is -3.72. The Morgan fingerprint density at radius 2 is 1.77 bits per heavy atom. The molecule has 224 valence electrons. The number of aromatic nitrogens is 1. The summed E-state index contributed by atoms with van der Waals surface area (Å²) in [5, 5.41) is 23.1. The first-order valence-electron chi connectivity index (χ1n) is 14.7. The molecule has 4 heterocycles. The molecule has 7 atom stereocenters. The van der Waals surface area contributed by atoms with Crippen LogP contribution in [0, 0.1) is 17.2 Å². The van der Waals surface area contributed by atoms with E-state index in [0.717, 1.165) is 24.0 Å². The summed E-state index contributed by atoms with van der Waals surface area (Å²) in [6.07, 6.45) is 2.16. The number of rotatable bonds is 8. The summed E-state index contributed by atoms with van der Waals surface area (Å²) in [5.74, 6) is 0.398. The predicted octanol–water partition coefficient (Wildman–Crippen LogP) is 3.24. The van der Waals surface area contributed by atoms with E-state index in [1.165, 1.54) is 14.2 Å². The zero-order chi connectivity index (χ0) is 29.8. The van der Waals surface area contributed by atoms with Crippen molar-refractivity contribution in [2.75, 3.05) is 41.1 Å². The van der Waals surface area contributed by atoms with Gasteiger partial charge in [0.05, 0.1) is 57.8 Å². The largest absolute Gasteiger partial charge is 0.481 e. The Morgan fingerprint density at radius 3 is 2.40 bits per heavy atom. The van der Waals surface area contributed by atoms with E-state index in [2.05, 4.69) is 33.6 Å². The zero-order valence-electron chi connectivity index (χ0n) is 24.5. The molecule has 10 nitrogen and oxygen atoms in total. The second kappa shape index (κ2) is 10.8. The third kappa shape index (κ3) is 4.00. The summed E-state index contributed by atoms with van der Waals surface area (Å²) < 4.78 is 24.4. The van der Waals surface area contributed by atoms with Crippen molar-refractivity contribution in [3.8, 4) is 23.6 Å². The average molecular weight is 585 g/mol. The van der Waals surface area contributed by atoms with Gasteiger partial charge in [-0.3, -0.25) is 4.90 Å². The number of nitriles is 1. The molecule has 7 rings (SSSR count). The quantitative estimate of drug-likeness (QED) is 0.382. The molecule has 0 unspecified atom stereocenters. The Labute approximate surface area is 251 Å². The second-order valence-electron chi connectivity index (χ2n) is 11.8. The fourth-order valence-corrected chi connectivity index (χ4v) is 8.25. The summed E-state index contributed by atoms with van der Waals surface area (Å²) in [6, 6.07) is 21.4. The third-order valence-corrected chi connectivity index (χ3v) is 9.95. The number of benzene rings is 2. The zero-order valence-corrected chi connectivity index (χ0v) is 24.5. The van der Waals surface area contributed by atoms with Gasteiger partial charge in [-0.25, -0.2) is 0 Å². The standard InChI is InChI=1S/C33H36N4O6/c1-39-27-15-26-29(31(35-27)40-2)32(38)30(36-41-3)25(17-37-23-13-14-24(37)19-42-18-23)28(21-7-5-4-6-8-21)33(32,43-26)22-11-9-20(16-34)10-12-22/h4-12,15,23-25,28,30,36,38H,13-14,17-19H2,1-3H3/t23-,24+,25-,28-,30-,32+,33+/m1/s1. The highest BCUT2D eigenvalue weighted by Crippen LogP contribution is 2.70. The summed E-state index contributed by atoms with van der Waals surface area (Å²) in [4.78, 5) is 12.8. The molecule has 2 bridgehead atoms. The first-order valence-corrected chi connectivity index (χ1v) is 14.7. The van der Waals surface area contributed by atoms with Crippen molar-refractivity contribution >= 4 is 0 Å². The van der Waals surface area contributed by atoms with Crippen LogP contribution in [0.3, 0.4) is 0 Å². The molecule has 2 N–H and O–H groups in total. The maximum absolute atomic E-state index is 13.5. The van der Waals surface area contributed by atoms with Gasteiger partial charge in [-0.15, -0.1) is 0 Å². The van der Waals surface area contributed by atoms with Crippen molar-refractivity contribution in [3.05, 3.63) is 82.9 Å². The molecule has 3 aliphatic heterocycles. The number of nitrogens with zero attached hydrogens (tertiary/aromatic N) is 3. The van der Waals surface area contributed by atoms with E-state index >= 15 is 0 Å². The minimum Gasteiger partial charge on any atom is -0.481 e. The van der Waals surface area contributed by atoms with Crippen LogP contribution in [0.4, 0.5) is 0 Å². The lowest BCUT2D eigenvalue weighted by Gasteiger charge is -2.42. The molecule has 0 amide bonds. The van der Waals surface area contributed by atoms with Crippen LogP contribution in [0.15, 0.2) is 60.7 Å². The number of hydrogen-bond acceptors (Lipinski definition) is 10. The van der Waals surface area contributed by atoms with Crippen molar-refractivity contribution in [3.63, 3.8) is 0 Å². The lowest BCUT2D eigenvalue weighted by atomic mass is 9.70. The summed E-state index contributed by atoms with van der Waals surface area (Å²) in [6.45, 7) is 2.08. The topological polar surface area (TPSA) is 118 Å². The van der Waals surface area contributed by atoms with Crippen molar-refractivity contribution in [1.82, 2.24) is 15.4 Å². The molecule has 10 heteroatoms. The molecule has 0 radical (unpaired) electrons. The number of fused-ring (bicyclic) bond motifs is 5. The molecular formula is C33H36N4O6. The van der Waals surface area contributed by atoms with Gasteiger partial charge in [0, 0.05) is 36.5 Å². The number of pyridine rings is 1. The Balaban J connectivity index is 1.51. The normalized spacial score (nSPS) is 32.5. The molecule has 1 aromatic heterocycles. The average Bonchev–Trinajstić information content (AvgIpc) is 3.51. The second-order valence-corrected chi connectivity index (χ2v) is 11.8. The van der Waals surface area contributed by atoms with Crippen LogP contribution in [0.2, 0.25) is 0 Å². The molecule has 1 saturated carbocycles. The van der Waals surface area contributed by atoms with E-state index < -0.39 is 17.2 Å². The lowest BCUT2D eigenvalue weighted by molar-refractivity contribution is -0.137. The summed E-state index contributed by atoms with van der Waals surface area (Å²) >= 11 is 0. The van der Waals surface area contributed by atoms with Crippen molar-refractivity contribution < 1.29 is 28.9 Å². The highest BCUT2D eigenvalue weighted by atomic mass is 16.6. The maximum atomic E-state index is 13.5. The van der Waals surface area contributed by atoms with Crippen molar-refractivity contribution in [1.29, 1.82) is 5.26 Å². The van der Waals surface area contributed by atoms with Crippen LogP contribution >= 0.6 is 0 Å². The highest BCUT2D eigenvalue weighted by Gasteiger charge is 2.77. The third-order valence-electron chi connectivity index (χ3n) is 9.95. The van der Waals surface area contributed by atoms with Gasteiger partial charge >= 0.3 is 0 Å². The number of hydrogen-bond donors (Lipinski definition) is 2. The smallest absolute Gasteiger partial charge is 0.226 e. The van der Waals surface area contributed by atoms with Crippen LogP contribution in [0.25, 0.3) is 0 Å². The van der Waals surface area contributed by atoms with Gasteiger partial charge in [-0.1, -0.05) is 42.5 Å². The van der Waals surface area contributed by atoms with Crippen LogP contribution in [-0.2, 0) is 20.8 Å². The van der Waals surface area contributed by atoms with E-state index in [4.69, 9.17) is 23.8 Å². The molecule has 3 aromatic rings. The first-order chi connectivity index (χ1) is 21.0. The summed E-state index contributed by atoms with van der Waals surface area (Å²) in [5.41, 5.74) is 2.86. The van der Waals surface area contributed by atoms with Crippen LogP contribution in [0.5, 0.6) is 17.5 Å². The minimum atomic E-state index is -1.71. The van der Waals surface area contributed by atoms with Crippen molar-refractivity contribution in [2.24, 2.45) is 5.92 Å². The van der Waals surface area contributed by atoms with Gasteiger partial charge in [-0.05, 0) is 36.1 Å². The van der Waals surface area contributed by atoms with Gasteiger partial charge in [0.2, 0.25) is 11.8 Å². The van der Waals surface area contributed by atoms with Crippen molar-refractivity contribution in [2.45, 2.75) is 48.1 Å². The molecule has 2 aromatic carbocycles.